The van der Waals surface area contributed by atoms with E-state index in [1.807, 2.05) is 13.8 Å². The fraction of sp³-hybridized carbons (Fsp3) is 0.889. The number of carbonyl (C=O) groups is 1. The van der Waals surface area contributed by atoms with E-state index in [4.69, 9.17) is 14.6 Å². The van der Waals surface area contributed by atoms with Gasteiger partial charge in [-0.3, -0.25) is 0 Å². The summed E-state index contributed by atoms with van der Waals surface area (Å²) in [6, 6.07) is 0. The Hall–Kier alpha value is -0.610. The first-order valence-electron chi connectivity index (χ1n) is 4.59. The van der Waals surface area contributed by atoms with Crippen LogP contribution in [0.1, 0.15) is 33.6 Å². The molecule has 1 rings (SSSR count). The van der Waals surface area contributed by atoms with Crippen LogP contribution in [0.2, 0.25) is 0 Å². The normalized spacial score (nSPS) is 40.2. The van der Waals surface area contributed by atoms with E-state index in [9.17, 15) is 4.79 Å². The molecule has 1 aliphatic heterocycles. The number of hydrogen-bond acceptors (Lipinski definition) is 3. The first-order chi connectivity index (χ1) is 6.00. The highest BCUT2D eigenvalue weighted by Gasteiger charge is 2.45. The molecule has 0 aromatic heterocycles. The van der Waals surface area contributed by atoms with Crippen molar-refractivity contribution in [1.29, 1.82) is 0 Å². The maximum Gasteiger partial charge on any atom is 0.364 e. The Labute approximate surface area is 77.8 Å². The molecule has 1 unspecified atom stereocenters. The minimum absolute atomic E-state index is 0.0557. The van der Waals surface area contributed by atoms with Crippen LogP contribution in [0.25, 0.3) is 0 Å². The first kappa shape index (κ1) is 10.5. The molecule has 0 saturated carbocycles. The lowest BCUT2D eigenvalue weighted by Crippen LogP contribution is -2.52. The lowest BCUT2D eigenvalue weighted by Gasteiger charge is -2.39. The van der Waals surface area contributed by atoms with E-state index in [0.717, 1.165) is 6.42 Å². The smallest absolute Gasteiger partial charge is 0.364 e. The third-order valence-electron chi connectivity index (χ3n) is 2.24. The Morgan fingerprint density at radius 2 is 1.92 bits per heavy atom. The zero-order chi connectivity index (χ0) is 10.1. The van der Waals surface area contributed by atoms with E-state index in [2.05, 4.69) is 0 Å². The number of carboxylic acids is 1. The minimum atomic E-state index is -1.42. The van der Waals surface area contributed by atoms with Crippen LogP contribution in [0.5, 0.6) is 0 Å². The summed E-state index contributed by atoms with van der Waals surface area (Å²) in [6.45, 7) is 5.48. The zero-order valence-corrected chi connectivity index (χ0v) is 8.24. The second kappa shape index (κ2) is 3.64. The summed E-state index contributed by atoms with van der Waals surface area (Å²) in [5.41, 5.74) is 0. The molecule has 1 heterocycles. The molecule has 4 nitrogen and oxygen atoms in total. The monoisotopic (exact) mass is 188 g/mol. The summed E-state index contributed by atoms with van der Waals surface area (Å²) < 4.78 is 10.7. The van der Waals surface area contributed by atoms with Crippen molar-refractivity contribution in [3.8, 4) is 0 Å². The van der Waals surface area contributed by atoms with Crippen LogP contribution < -0.4 is 0 Å². The molecule has 0 aliphatic carbocycles. The SMILES string of the molecule is CCC1(C(=O)O)O[C@H](C)C[C@H](C)O1. The Morgan fingerprint density at radius 1 is 1.46 bits per heavy atom. The summed E-state index contributed by atoms with van der Waals surface area (Å²) in [5, 5.41) is 8.97. The molecule has 0 aromatic rings. The van der Waals surface area contributed by atoms with E-state index >= 15 is 0 Å². The van der Waals surface area contributed by atoms with Gasteiger partial charge >= 0.3 is 5.97 Å². The van der Waals surface area contributed by atoms with Gasteiger partial charge in [0.2, 0.25) is 0 Å². The van der Waals surface area contributed by atoms with Gasteiger partial charge in [0.25, 0.3) is 5.79 Å². The van der Waals surface area contributed by atoms with Crippen molar-refractivity contribution >= 4 is 5.97 Å². The van der Waals surface area contributed by atoms with Gasteiger partial charge in [-0.25, -0.2) is 4.79 Å². The second-order valence-electron chi connectivity index (χ2n) is 3.50. The molecule has 4 heteroatoms. The quantitative estimate of drug-likeness (QED) is 0.711. The largest absolute Gasteiger partial charge is 0.477 e. The topological polar surface area (TPSA) is 55.8 Å². The van der Waals surface area contributed by atoms with Gasteiger partial charge in [0, 0.05) is 6.42 Å². The van der Waals surface area contributed by atoms with Crippen molar-refractivity contribution in [3.05, 3.63) is 0 Å². The van der Waals surface area contributed by atoms with E-state index in [-0.39, 0.29) is 12.2 Å². The fourth-order valence-electron chi connectivity index (χ4n) is 1.66. The Balaban J connectivity index is 2.80. The number of hydrogen-bond donors (Lipinski definition) is 1. The van der Waals surface area contributed by atoms with Crippen LogP contribution in [-0.2, 0) is 14.3 Å². The third-order valence-corrected chi connectivity index (χ3v) is 2.24. The molecule has 0 radical (unpaired) electrons. The highest BCUT2D eigenvalue weighted by Crippen LogP contribution is 2.29. The fourth-order valence-corrected chi connectivity index (χ4v) is 1.66. The van der Waals surface area contributed by atoms with E-state index in [1.54, 1.807) is 6.92 Å². The molecule has 3 atom stereocenters. The van der Waals surface area contributed by atoms with Crippen molar-refractivity contribution in [1.82, 2.24) is 0 Å². The highest BCUT2D eigenvalue weighted by molar-refractivity contribution is 5.75. The standard InChI is InChI=1S/C9H16O4/c1-4-9(8(10)11)12-6(2)5-7(3)13-9/h6-7H,4-5H2,1-3H3,(H,10,11)/t6-,7+,9?. The van der Waals surface area contributed by atoms with E-state index < -0.39 is 11.8 Å². The molecule has 0 bridgehead atoms. The zero-order valence-electron chi connectivity index (χ0n) is 8.24. The highest BCUT2D eigenvalue weighted by atomic mass is 16.7. The number of aliphatic carboxylic acids is 1. The summed E-state index contributed by atoms with van der Waals surface area (Å²) >= 11 is 0. The van der Waals surface area contributed by atoms with Crippen molar-refractivity contribution in [2.24, 2.45) is 0 Å². The summed E-state index contributed by atoms with van der Waals surface area (Å²) in [4.78, 5) is 10.9. The molecule has 1 N–H and O–H groups in total. The van der Waals surface area contributed by atoms with Crippen LogP contribution in [0.15, 0.2) is 0 Å². The summed E-state index contributed by atoms with van der Waals surface area (Å²) in [5.74, 6) is -2.45. The summed E-state index contributed by atoms with van der Waals surface area (Å²) in [6.07, 6.45) is 0.964. The lowest BCUT2D eigenvalue weighted by atomic mass is 10.1. The molecule has 0 aromatic carbocycles. The van der Waals surface area contributed by atoms with Crippen molar-refractivity contribution in [2.45, 2.75) is 51.6 Å². The second-order valence-corrected chi connectivity index (χ2v) is 3.50. The van der Waals surface area contributed by atoms with Gasteiger partial charge in [-0.2, -0.15) is 0 Å². The molecule has 76 valence electrons. The van der Waals surface area contributed by atoms with Gasteiger partial charge in [0.05, 0.1) is 12.2 Å². The van der Waals surface area contributed by atoms with E-state index in [1.165, 1.54) is 0 Å². The molecule has 1 aliphatic rings. The minimum Gasteiger partial charge on any atom is -0.477 e. The first-order valence-corrected chi connectivity index (χ1v) is 4.59. The summed E-state index contributed by atoms with van der Waals surface area (Å²) in [7, 11) is 0. The van der Waals surface area contributed by atoms with Crippen LogP contribution in [-0.4, -0.2) is 29.1 Å². The molecular weight excluding hydrogens is 172 g/mol. The Kier molecular flexibility index (Phi) is 2.93. The van der Waals surface area contributed by atoms with Gasteiger partial charge in [0.15, 0.2) is 0 Å². The Morgan fingerprint density at radius 3 is 2.23 bits per heavy atom. The molecule has 13 heavy (non-hydrogen) atoms. The lowest BCUT2D eigenvalue weighted by molar-refractivity contribution is -0.304. The molecule has 0 spiro atoms. The van der Waals surface area contributed by atoms with Crippen molar-refractivity contribution < 1.29 is 19.4 Å². The van der Waals surface area contributed by atoms with Crippen LogP contribution in [0.4, 0.5) is 0 Å². The maximum atomic E-state index is 10.9. The maximum absolute atomic E-state index is 10.9. The van der Waals surface area contributed by atoms with Gasteiger partial charge in [-0.05, 0) is 20.3 Å². The van der Waals surface area contributed by atoms with Gasteiger partial charge < -0.3 is 14.6 Å². The average Bonchev–Trinajstić information content (AvgIpc) is 2.02. The predicted molar refractivity (Wildman–Crippen MR) is 46.4 cm³/mol. The Bertz CT molecular complexity index is 192. The molecule has 1 fully saturated rings. The predicted octanol–water partition coefficient (Wildman–Crippen LogP) is 1.39. The number of ether oxygens (including phenoxy) is 2. The van der Waals surface area contributed by atoms with Gasteiger partial charge in [-0.15, -0.1) is 0 Å². The molecule has 0 amide bonds. The van der Waals surface area contributed by atoms with Gasteiger partial charge in [-0.1, -0.05) is 6.92 Å². The van der Waals surface area contributed by atoms with Crippen LogP contribution >= 0.6 is 0 Å². The molecule has 1 saturated heterocycles. The van der Waals surface area contributed by atoms with Crippen LogP contribution in [0, 0.1) is 0 Å². The van der Waals surface area contributed by atoms with Crippen molar-refractivity contribution in [2.75, 3.05) is 0 Å². The van der Waals surface area contributed by atoms with Gasteiger partial charge in [0.1, 0.15) is 0 Å². The van der Waals surface area contributed by atoms with E-state index in [0.29, 0.717) is 6.42 Å². The average molecular weight is 188 g/mol. The molecular formula is C9H16O4. The number of rotatable bonds is 2. The number of carboxylic acid groups (broad SMARTS) is 1. The van der Waals surface area contributed by atoms with Crippen LogP contribution in [0.3, 0.4) is 0 Å². The third kappa shape index (κ3) is 2.00. The van der Waals surface area contributed by atoms with Crippen molar-refractivity contribution in [3.63, 3.8) is 0 Å².